The van der Waals surface area contributed by atoms with Crippen LogP contribution in [0.15, 0.2) is 28.8 Å². The first-order chi connectivity index (χ1) is 12.2. The summed E-state index contributed by atoms with van der Waals surface area (Å²) in [5, 5.41) is 15.7. The molecule has 0 atom stereocenters. The average Bonchev–Trinajstić information content (AvgIpc) is 3.30. The predicted molar refractivity (Wildman–Crippen MR) is 90.2 cm³/mol. The van der Waals surface area contributed by atoms with Crippen LogP contribution < -0.4 is 14.8 Å². The average molecular weight is 358 g/mol. The van der Waals surface area contributed by atoms with E-state index >= 15 is 0 Å². The van der Waals surface area contributed by atoms with Crippen molar-refractivity contribution in [3.05, 3.63) is 35.0 Å². The Morgan fingerprint density at radius 1 is 1.20 bits per heavy atom. The van der Waals surface area contributed by atoms with Crippen molar-refractivity contribution in [1.82, 2.24) is 15.4 Å². The maximum absolute atomic E-state index is 12.2. The van der Waals surface area contributed by atoms with Gasteiger partial charge in [0.05, 0.1) is 0 Å². The van der Waals surface area contributed by atoms with E-state index in [1.54, 1.807) is 18.2 Å². The van der Waals surface area contributed by atoms with Crippen molar-refractivity contribution in [3.8, 4) is 22.8 Å². The van der Waals surface area contributed by atoms with Crippen molar-refractivity contribution in [1.29, 1.82) is 0 Å². The van der Waals surface area contributed by atoms with Gasteiger partial charge in [0.25, 0.3) is 5.91 Å². The summed E-state index contributed by atoms with van der Waals surface area (Å²) in [4.78, 5) is 12.2. The van der Waals surface area contributed by atoms with E-state index in [9.17, 15) is 4.79 Å². The van der Waals surface area contributed by atoms with Crippen molar-refractivity contribution >= 4 is 22.4 Å². The molecule has 1 amide bonds. The predicted octanol–water partition coefficient (Wildman–Crippen LogP) is 2.78. The zero-order valence-electron chi connectivity index (χ0n) is 13.3. The van der Waals surface area contributed by atoms with E-state index in [4.69, 9.17) is 14.0 Å². The second-order valence-corrected chi connectivity index (χ2v) is 6.31. The second-order valence-electron chi connectivity index (χ2n) is 5.24. The Bertz CT molecular complexity index is 921. The first-order valence-corrected chi connectivity index (χ1v) is 8.55. The smallest absolute Gasteiger partial charge is 0.279 e. The lowest BCUT2D eigenvalue weighted by Gasteiger charge is -2.18. The molecule has 1 aromatic carbocycles. The zero-order valence-corrected chi connectivity index (χ0v) is 14.1. The number of ether oxygens (including phenoxy) is 2. The first kappa shape index (κ1) is 15.6. The zero-order chi connectivity index (χ0) is 17.2. The van der Waals surface area contributed by atoms with Gasteiger partial charge < -0.3 is 14.0 Å². The van der Waals surface area contributed by atoms with Crippen molar-refractivity contribution < 1.29 is 18.8 Å². The molecule has 0 unspecified atom stereocenters. The molecular weight excluding hydrogens is 344 g/mol. The van der Waals surface area contributed by atoms with Crippen LogP contribution in [0.1, 0.15) is 22.4 Å². The van der Waals surface area contributed by atoms with Gasteiger partial charge in [-0.2, -0.15) is 0 Å². The van der Waals surface area contributed by atoms with Crippen LogP contribution in [-0.4, -0.2) is 34.5 Å². The molecule has 1 N–H and O–H groups in total. The standard InChI is InChI=1S/C16H14N4O4S/c1-2-14-18-19-16(25-14)17-15(21)10-8-12(24-20-10)9-3-4-11-13(7-9)23-6-5-22-11/h3-4,7-8H,2,5-6H2,1H3,(H,17,19,21). The van der Waals surface area contributed by atoms with E-state index in [1.165, 1.54) is 11.3 Å². The number of rotatable bonds is 4. The highest BCUT2D eigenvalue weighted by Gasteiger charge is 2.18. The molecule has 0 fully saturated rings. The minimum atomic E-state index is -0.397. The van der Waals surface area contributed by atoms with Crippen LogP contribution in [0, 0.1) is 0 Å². The molecule has 2 aromatic heterocycles. The Balaban J connectivity index is 1.52. The SMILES string of the molecule is CCc1nnc(NC(=O)c2cc(-c3ccc4c(c3)OCCO4)on2)s1. The van der Waals surface area contributed by atoms with Crippen LogP contribution in [0.2, 0.25) is 0 Å². The van der Waals surface area contributed by atoms with Gasteiger partial charge in [0, 0.05) is 11.6 Å². The number of carbonyl (C=O) groups is 1. The maximum atomic E-state index is 12.2. The molecule has 8 nitrogen and oxygen atoms in total. The number of nitrogens with one attached hydrogen (secondary N) is 1. The number of nitrogens with zero attached hydrogens (tertiary/aromatic N) is 3. The number of aromatic nitrogens is 3. The largest absolute Gasteiger partial charge is 0.486 e. The number of aryl methyl sites for hydroxylation is 1. The Morgan fingerprint density at radius 2 is 2.04 bits per heavy atom. The van der Waals surface area contributed by atoms with E-state index in [1.807, 2.05) is 13.0 Å². The fourth-order valence-electron chi connectivity index (χ4n) is 2.32. The summed E-state index contributed by atoms with van der Waals surface area (Å²) in [7, 11) is 0. The van der Waals surface area contributed by atoms with E-state index in [0.29, 0.717) is 35.6 Å². The molecule has 3 aromatic rings. The fraction of sp³-hybridized carbons (Fsp3) is 0.250. The van der Waals surface area contributed by atoms with E-state index in [-0.39, 0.29) is 5.69 Å². The fourth-order valence-corrected chi connectivity index (χ4v) is 3.00. The van der Waals surface area contributed by atoms with Crippen LogP contribution >= 0.6 is 11.3 Å². The maximum Gasteiger partial charge on any atom is 0.279 e. The van der Waals surface area contributed by atoms with E-state index in [2.05, 4.69) is 20.7 Å². The van der Waals surface area contributed by atoms with Crippen molar-refractivity contribution in [3.63, 3.8) is 0 Å². The molecule has 4 rings (SSSR count). The number of benzene rings is 1. The molecule has 128 valence electrons. The molecule has 1 aliphatic heterocycles. The number of carbonyl (C=O) groups excluding carboxylic acids is 1. The van der Waals surface area contributed by atoms with Crippen LogP contribution in [0.4, 0.5) is 5.13 Å². The number of hydrogen-bond acceptors (Lipinski definition) is 8. The van der Waals surface area contributed by atoms with Gasteiger partial charge in [-0.1, -0.05) is 23.4 Å². The summed E-state index contributed by atoms with van der Waals surface area (Å²) < 4.78 is 16.3. The third kappa shape index (κ3) is 3.18. The van der Waals surface area contributed by atoms with Crippen molar-refractivity contribution in [2.75, 3.05) is 18.5 Å². The highest BCUT2D eigenvalue weighted by molar-refractivity contribution is 7.15. The number of anilines is 1. The van der Waals surface area contributed by atoms with Gasteiger partial charge in [-0.25, -0.2) is 0 Å². The van der Waals surface area contributed by atoms with Gasteiger partial charge >= 0.3 is 0 Å². The summed E-state index contributed by atoms with van der Waals surface area (Å²) in [6.45, 7) is 3.01. The molecule has 0 aliphatic carbocycles. The van der Waals surface area contributed by atoms with Gasteiger partial charge in [-0.3, -0.25) is 10.1 Å². The third-order valence-electron chi connectivity index (χ3n) is 3.56. The third-order valence-corrected chi connectivity index (χ3v) is 4.54. The lowest BCUT2D eigenvalue weighted by atomic mass is 10.1. The highest BCUT2D eigenvalue weighted by atomic mass is 32.1. The molecule has 1 aliphatic rings. The monoisotopic (exact) mass is 358 g/mol. The number of amides is 1. The second kappa shape index (κ2) is 6.52. The Kier molecular flexibility index (Phi) is 4.06. The minimum Gasteiger partial charge on any atom is -0.486 e. The number of fused-ring (bicyclic) bond motifs is 1. The molecule has 0 saturated heterocycles. The van der Waals surface area contributed by atoms with Gasteiger partial charge in [-0.05, 0) is 24.6 Å². The van der Waals surface area contributed by atoms with Crippen molar-refractivity contribution in [2.24, 2.45) is 0 Å². The highest BCUT2D eigenvalue weighted by Crippen LogP contribution is 2.34. The summed E-state index contributed by atoms with van der Waals surface area (Å²) in [6.07, 6.45) is 0.770. The molecule has 0 saturated carbocycles. The Morgan fingerprint density at radius 3 is 2.84 bits per heavy atom. The number of hydrogen-bond donors (Lipinski definition) is 1. The van der Waals surface area contributed by atoms with E-state index in [0.717, 1.165) is 17.0 Å². The summed E-state index contributed by atoms with van der Waals surface area (Å²) in [6, 6.07) is 7.01. The quantitative estimate of drug-likeness (QED) is 0.765. The topological polar surface area (TPSA) is 99.4 Å². The van der Waals surface area contributed by atoms with Gasteiger partial charge in [0.15, 0.2) is 23.0 Å². The van der Waals surface area contributed by atoms with Crippen molar-refractivity contribution in [2.45, 2.75) is 13.3 Å². The van der Waals surface area contributed by atoms with Gasteiger partial charge in [0.1, 0.15) is 18.2 Å². The van der Waals surface area contributed by atoms with Gasteiger partial charge in [0.2, 0.25) is 5.13 Å². The van der Waals surface area contributed by atoms with Crippen LogP contribution in [-0.2, 0) is 6.42 Å². The molecule has 0 spiro atoms. The molecule has 0 radical (unpaired) electrons. The summed E-state index contributed by atoms with van der Waals surface area (Å²) in [5.41, 5.74) is 0.915. The van der Waals surface area contributed by atoms with Crippen LogP contribution in [0.25, 0.3) is 11.3 Å². The molecule has 9 heteroatoms. The minimum absolute atomic E-state index is 0.165. The molecule has 25 heavy (non-hydrogen) atoms. The molecule has 3 heterocycles. The normalized spacial score (nSPS) is 12.8. The Labute approximate surface area is 146 Å². The first-order valence-electron chi connectivity index (χ1n) is 7.73. The summed E-state index contributed by atoms with van der Waals surface area (Å²) >= 11 is 1.33. The lowest BCUT2D eigenvalue weighted by Crippen LogP contribution is -2.15. The van der Waals surface area contributed by atoms with E-state index < -0.39 is 5.91 Å². The summed E-state index contributed by atoms with van der Waals surface area (Å²) in [5.74, 6) is 1.41. The lowest BCUT2D eigenvalue weighted by molar-refractivity contribution is 0.101. The molecular formula is C16H14N4O4S. The van der Waals surface area contributed by atoms with Crippen LogP contribution in [0.3, 0.4) is 0 Å². The van der Waals surface area contributed by atoms with Gasteiger partial charge in [-0.15, -0.1) is 10.2 Å². The van der Waals surface area contributed by atoms with Crippen LogP contribution in [0.5, 0.6) is 11.5 Å². The Hall–Kier alpha value is -2.94. The molecule has 0 bridgehead atoms.